The molecule has 0 aliphatic carbocycles. The zero-order valence-electron chi connectivity index (χ0n) is 22.5. The summed E-state index contributed by atoms with van der Waals surface area (Å²) in [6, 6.07) is 21.4. The van der Waals surface area contributed by atoms with Gasteiger partial charge < -0.3 is 19.0 Å². The Bertz CT molecular complexity index is 1730. The lowest BCUT2D eigenvalue weighted by Gasteiger charge is -2.27. The number of fused-ring (bicyclic) bond motifs is 4. The molecule has 1 unspecified atom stereocenters. The first-order chi connectivity index (χ1) is 19.1. The summed E-state index contributed by atoms with van der Waals surface area (Å²) >= 11 is 1.83. The van der Waals surface area contributed by atoms with Crippen LogP contribution < -0.4 is 10.3 Å². The number of rotatable bonds is 5. The summed E-state index contributed by atoms with van der Waals surface area (Å²) in [4.78, 5) is 20.3. The van der Waals surface area contributed by atoms with Crippen molar-refractivity contribution in [2.45, 2.75) is 19.0 Å². The molecule has 1 atom stereocenters. The van der Waals surface area contributed by atoms with Gasteiger partial charge in [0.25, 0.3) is 0 Å². The topological polar surface area (TPSA) is 49.2 Å². The second-order valence-corrected chi connectivity index (χ2v) is 12.0. The number of thiophene rings is 1. The molecular formula is C32H33N3O3S. The predicted octanol–water partition coefficient (Wildman–Crippen LogP) is 5.80. The molecule has 5 aromatic rings. The molecule has 7 heteroatoms. The van der Waals surface area contributed by atoms with Crippen LogP contribution in [0.4, 0.5) is 5.88 Å². The van der Waals surface area contributed by atoms with Crippen LogP contribution in [0.3, 0.4) is 0 Å². The monoisotopic (exact) mass is 539 g/mol. The summed E-state index contributed by atoms with van der Waals surface area (Å²) in [5.41, 5.74) is 4.10. The fourth-order valence-electron chi connectivity index (χ4n) is 6.18. The molecule has 2 aromatic heterocycles. The zero-order valence-corrected chi connectivity index (χ0v) is 23.3. The maximum Gasteiger partial charge on any atom is 0.200 e. The lowest BCUT2D eigenvalue weighted by molar-refractivity contribution is 0.121. The first-order valence-corrected chi connectivity index (χ1v) is 14.6. The summed E-state index contributed by atoms with van der Waals surface area (Å²) in [5.74, 6) is 0.622. The van der Waals surface area contributed by atoms with E-state index in [4.69, 9.17) is 9.15 Å². The third-order valence-corrected chi connectivity index (χ3v) is 9.54. The van der Waals surface area contributed by atoms with Gasteiger partial charge in [-0.3, -0.25) is 9.69 Å². The number of likely N-dealkylation sites (tertiary alicyclic amines) is 1. The minimum absolute atomic E-state index is 0.00623. The number of benzene rings is 3. The van der Waals surface area contributed by atoms with Crippen molar-refractivity contribution in [1.82, 2.24) is 9.80 Å². The Morgan fingerprint density at radius 2 is 1.77 bits per heavy atom. The second kappa shape index (κ2) is 10.1. The van der Waals surface area contributed by atoms with Crippen molar-refractivity contribution in [3.05, 3.63) is 76.5 Å². The first kappa shape index (κ1) is 24.8. The predicted molar refractivity (Wildman–Crippen MR) is 161 cm³/mol. The molecule has 2 aliphatic heterocycles. The Morgan fingerprint density at radius 3 is 2.59 bits per heavy atom. The van der Waals surface area contributed by atoms with Crippen LogP contribution in [0.25, 0.3) is 42.3 Å². The number of nitrogens with zero attached hydrogens (tertiary/aromatic N) is 3. The van der Waals surface area contributed by atoms with Crippen LogP contribution in [0.15, 0.2) is 69.9 Å². The van der Waals surface area contributed by atoms with Gasteiger partial charge in [0.1, 0.15) is 5.58 Å². The van der Waals surface area contributed by atoms with E-state index in [-0.39, 0.29) is 5.43 Å². The van der Waals surface area contributed by atoms with Crippen LogP contribution in [0, 0.1) is 0 Å². The van der Waals surface area contributed by atoms with E-state index in [2.05, 4.69) is 71.3 Å². The number of ether oxygens (including phenoxy) is 1. The van der Waals surface area contributed by atoms with E-state index in [1.165, 1.54) is 32.2 Å². The smallest absolute Gasteiger partial charge is 0.200 e. The molecular weight excluding hydrogens is 506 g/mol. The lowest BCUT2D eigenvalue weighted by Crippen LogP contribution is -2.36. The summed E-state index contributed by atoms with van der Waals surface area (Å²) in [6.07, 6.45) is 1.21. The molecule has 0 saturated carbocycles. The van der Waals surface area contributed by atoms with E-state index in [1.54, 1.807) is 6.07 Å². The largest absolute Gasteiger partial charge is 0.440 e. The van der Waals surface area contributed by atoms with E-state index < -0.39 is 0 Å². The third-order valence-electron chi connectivity index (χ3n) is 8.34. The lowest BCUT2D eigenvalue weighted by atomic mass is 9.97. The minimum atomic E-state index is -0.00623. The molecule has 0 amide bonds. The number of hydrogen-bond donors (Lipinski definition) is 0. The van der Waals surface area contributed by atoms with Crippen molar-refractivity contribution >= 4 is 48.4 Å². The molecule has 2 fully saturated rings. The summed E-state index contributed by atoms with van der Waals surface area (Å²) in [6.45, 7) is 5.87. The van der Waals surface area contributed by atoms with Crippen molar-refractivity contribution in [2.75, 3.05) is 58.4 Å². The number of morpholine rings is 1. The number of likely N-dealkylation sites (N-methyl/N-ethyl adjacent to an activating group) is 1. The van der Waals surface area contributed by atoms with Crippen molar-refractivity contribution in [3.63, 3.8) is 0 Å². The highest BCUT2D eigenvalue weighted by molar-refractivity contribution is 7.26. The molecule has 2 saturated heterocycles. The molecule has 7 rings (SSSR count). The van der Waals surface area contributed by atoms with Gasteiger partial charge >= 0.3 is 0 Å². The average molecular weight is 540 g/mol. The Hall–Kier alpha value is -3.23. The van der Waals surface area contributed by atoms with Crippen molar-refractivity contribution in [3.8, 4) is 11.1 Å². The Balaban J connectivity index is 1.39. The molecule has 0 N–H and O–H groups in total. The number of hydrogen-bond acceptors (Lipinski definition) is 7. The highest BCUT2D eigenvalue weighted by atomic mass is 32.1. The SMILES string of the molecule is CN(C)C1CCN(Cc2ccc(-c3cccc4c(=O)cc(N5CCOCC5)oc34)c3sc4ccccc4c23)C1. The Morgan fingerprint density at radius 1 is 0.949 bits per heavy atom. The van der Waals surface area contributed by atoms with E-state index in [0.717, 1.165) is 43.9 Å². The quantitative estimate of drug-likeness (QED) is 0.281. The van der Waals surface area contributed by atoms with Gasteiger partial charge in [0.05, 0.1) is 18.6 Å². The summed E-state index contributed by atoms with van der Waals surface area (Å²) < 4.78 is 14.6. The second-order valence-electron chi connectivity index (χ2n) is 10.9. The van der Waals surface area contributed by atoms with Crippen LogP contribution in [0.2, 0.25) is 0 Å². The Kier molecular flexibility index (Phi) is 6.40. The van der Waals surface area contributed by atoms with E-state index >= 15 is 0 Å². The van der Waals surface area contributed by atoms with Gasteiger partial charge in [0, 0.05) is 76.1 Å². The molecule has 39 heavy (non-hydrogen) atoms. The van der Waals surface area contributed by atoms with Crippen LogP contribution in [-0.2, 0) is 11.3 Å². The van der Waals surface area contributed by atoms with Gasteiger partial charge in [-0.15, -0.1) is 11.3 Å². The van der Waals surface area contributed by atoms with E-state index in [9.17, 15) is 4.79 Å². The summed E-state index contributed by atoms with van der Waals surface area (Å²) in [5, 5.41) is 3.24. The molecule has 3 aromatic carbocycles. The first-order valence-electron chi connectivity index (χ1n) is 13.8. The van der Waals surface area contributed by atoms with Gasteiger partial charge in [-0.1, -0.05) is 42.5 Å². The van der Waals surface area contributed by atoms with Gasteiger partial charge in [-0.2, -0.15) is 0 Å². The van der Waals surface area contributed by atoms with Gasteiger partial charge in [-0.05, 0) is 38.2 Å². The van der Waals surface area contributed by atoms with Crippen LogP contribution in [0.1, 0.15) is 12.0 Å². The van der Waals surface area contributed by atoms with Crippen LogP contribution in [-0.4, -0.2) is 69.3 Å². The minimum Gasteiger partial charge on any atom is -0.440 e. The molecule has 0 spiro atoms. The van der Waals surface area contributed by atoms with Gasteiger partial charge in [-0.25, -0.2) is 0 Å². The van der Waals surface area contributed by atoms with Crippen molar-refractivity contribution < 1.29 is 9.15 Å². The highest BCUT2D eigenvalue weighted by Crippen LogP contribution is 2.44. The molecule has 0 radical (unpaired) electrons. The van der Waals surface area contributed by atoms with Gasteiger partial charge in [0.15, 0.2) is 11.3 Å². The fraction of sp³-hybridized carbons (Fsp3) is 0.344. The Labute approximate surface area is 232 Å². The normalized spacial score (nSPS) is 18.7. The molecule has 0 bridgehead atoms. The van der Waals surface area contributed by atoms with Crippen LogP contribution >= 0.6 is 11.3 Å². The number of anilines is 1. The third kappa shape index (κ3) is 4.43. The van der Waals surface area contributed by atoms with E-state index in [0.29, 0.717) is 36.1 Å². The van der Waals surface area contributed by atoms with E-state index in [1.807, 2.05) is 23.5 Å². The zero-order chi connectivity index (χ0) is 26.5. The molecule has 4 heterocycles. The standard InChI is InChI=1S/C32H33N3O3S/c1-33(2)22-12-13-34(20-22)19-21-10-11-24(32-30(21)26-6-3-4-9-28(26)39-32)23-7-5-8-25-27(36)18-29(38-31(23)25)35-14-16-37-17-15-35/h3-11,18,22H,12-17,19-20H2,1-2H3. The molecule has 200 valence electrons. The van der Waals surface area contributed by atoms with Crippen LogP contribution in [0.5, 0.6) is 0 Å². The fourth-order valence-corrected chi connectivity index (χ4v) is 7.45. The van der Waals surface area contributed by atoms with Gasteiger partial charge in [0.2, 0.25) is 0 Å². The summed E-state index contributed by atoms with van der Waals surface area (Å²) in [7, 11) is 4.36. The highest BCUT2D eigenvalue weighted by Gasteiger charge is 2.26. The average Bonchev–Trinajstić information content (AvgIpc) is 3.59. The maximum atomic E-state index is 13.2. The van der Waals surface area contributed by atoms with Crippen molar-refractivity contribution in [2.24, 2.45) is 0 Å². The van der Waals surface area contributed by atoms with Crippen molar-refractivity contribution in [1.29, 1.82) is 0 Å². The number of para-hydroxylation sites is 1. The molecule has 2 aliphatic rings. The maximum absolute atomic E-state index is 13.2. The molecule has 6 nitrogen and oxygen atoms in total.